The lowest BCUT2D eigenvalue weighted by molar-refractivity contribution is -0.137. The van der Waals surface area contributed by atoms with Crippen LogP contribution >= 0.6 is 15.9 Å². The number of pyridine rings is 1. The van der Waals surface area contributed by atoms with Crippen molar-refractivity contribution in [3.05, 3.63) is 22.3 Å². The molecule has 7 heteroatoms. The number of aliphatic hydroxyl groups excluding tert-OH is 1. The smallest absolute Gasteiger partial charge is 0.391 e. The number of alkyl halides is 3. The predicted molar refractivity (Wildman–Crippen MR) is 66.3 cm³/mol. The van der Waals surface area contributed by atoms with Gasteiger partial charge in [0, 0.05) is 17.2 Å². The second-order valence-electron chi connectivity index (χ2n) is 3.87. The number of aromatic nitrogens is 1. The zero-order chi connectivity index (χ0) is 13.8. The first-order chi connectivity index (χ1) is 8.34. The summed E-state index contributed by atoms with van der Waals surface area (Å²) in [5.74, 6) is -0.263. The monoisotopic (exact) mass is 326 g/mol. The van der Waals surface area contributed by atoms with Crippen molar-refractivity contribution in [2.75, 3.05) is 11.9 Å². The second-order valence-corrected chi connectivity index (χ2v) is 4.79. The number of nitrogens with one attached hydrogen (secondary N) is 1. The SMILES string of the molecule is CCCC(O)CNc1ncc(Br)cc1C(F)(F)F. The van der Waals surface area contributed by atoms with Crippen LogP contribution in [0.25, 0.3) is 0 Å². The molecule has 3 nitrogen and oxygen atoms in total. The fraction of sp³-hybridized carbons (Fsp3) is 0.545. The van der Waals surface area contributed by atoms with Crippen LogP contribution in [-0.2, 0) is 6.18 Å². The number of anilines is 1. The van der Waals surface area contributed by atoms with Crippen molar-refractivity contribution in [2.24, 2.45) is 0 Å². The second kappa shape index (κ2) is 6.38. The molecule has 18 heavy (non-hydrogen) atoms. The first-order valence-electron chi connectivity index (χ1n) is 5.49. The molecular formula is C11H14BrF3N2O. The molecule has 1 aromatic heterocycles. The van der Waals surface area contributed by atoms with Crippen LogP contribution in [0.3, 0.4) is 0 Å². The van der Waals surface area contributed by atoms with E-state index in [1.807, 2.05) is 6.92 Å². The van der Waals surface area contributed by atoms with E-state index in [1.165, 1.54) is 6.20 Å². The van der Waals surface area contributed by atoms with Gasteiger partial charge in [0.05, 0.1) is 11.7 Å². The third-order valence-electron chi connectivity index (χ3n) is 2.29. The zero-order valence-corrected chi connectivity index (χ0v) is 11.3. The number of aliphatic hydroxyl groups is 1. The van der Waals surface area contributed by atoms with Crippen molar-refractivity contribution < 1.29 is 18.3 Å². The molecule has 1 rings (SSSR count). The van der Waals surface area contributed by atoms with E-state index in [0.29, 0.717) is 6.42 Å². The highest BCUT2D eigenvalue weighted by Gasteiger charge is 2.34. The van der Waals surface area contributed by atoms with Crippen LogP contribution in [0.15, 0.2) is 16.7 Å². The Morgan fingerprint density at radius 2 is 2.17 bits per heavy atom. The highest BCUT2D eigenvalue weighted by molar-refractivity contribution is 9.10. The normalized spacial score (nSPS) is 13.4. The van der Waals surface area contributed by atoms with E-state index in [2.05, 4.69) is 26.2 Å². The highest BCUT2D eigenvalue weighted by atomic mass is 79.9. The number of rotatable bonds is 5. The van der Waals surface area contributed by atoms with Crippen molar-refractivity contribution in [1.29, 1.82) is 0 Å². The molecule has 1 aromatic rings. The summed E-state index contributed by atoms with van der Waals surface area (Å²) < 4.78 is 38.5. The number of hydrogen-bond acceptors (Lipinski definition) is 3. The summed E-state index contributed by atoms with van der Waals surface area (Å²) in [4.78, 5) is 3.69. The quantitative estimate of drug-likeness (QED) is 0.871. The molecule has 102 valence electrons. The Morgan fingerprint density at radius 1 is 1.50 bits per heavy atom. The van der Waals surface area contributed by atoms with Gasteiger partial charge in [-0.3, -0.25) is 0 Å². The standard InChI is InChI=1S/C11H14BrF3N2O/c1-2-3-8(18)6-17-10-9(11(13,14)15)4-7(12)5-16-10/h4-5,8,18H,2-3,6H2,1H3,(H,16,17). The van der Waals surface area contributed by atoms with E-state index in [9.17, 15) is 18.3 Å². The van der Waals surface area contributed by atoms with E-state index in [0.717, 1.165) is 12.5 Å². The molecule has 0 amide bonds. The topological polar surface area (TPSA) is 45.1 Å². The van der Waals surface area contributed by atoms with Gasteiger partial charge in [0.1, 0.15) is 5.82 Å². The lowest BCUT2D eigenvalue weighted by atomic mass is 10.2. The van der Waals surface area contributed by atoms with Crippen LogP contribution in [0.2, 0.25) is 0 Å². The van der Waals surface area contributed by atoms with E-state index in [1.54, 1.807) is 0 Å². The Bertz CT molecular complexity index is 398. The molecule has 1 unspecified atom stereocenters. The molecule has 0 saturated heterocycles. The molecule has 0 aliphatic heterocycles. The van der Waals surface area contributed by atoms with Gasteiger partial charge in [-0.05, 0) is 28.4 Å². The molecule has 0 aliphatic rings. The molecule has 0 spiro atoms. The first-order valence-corrected chi connectivity index (χ1v) is 6.28. The van der Waals surface area contributed by atoms with Crippen LogP contribution in [0, 0.1) is 0 Å². The van der Waals surface area contributed by atoms with Gasteiger partial charge in [0.2, 0.25) is 0 Å². The first kappa shape index (κ1) is 15.2. The Balaban J connectivity index is 2.82. The van der Waals surface area contributed by atoms with Crippen LogP contribution in [-0.4, -0.2) is 22.7 Å². The molecule has 0 saturated carbocycles. The lowest BCUT2D eigenvalue weighted by Gasteiger charge is -2.16. The van der Waals surface area contributed by atoms with Crippen molar-refractivity contribution >= 4 is 21.7 Å². The van der Waals surface area contributed by atoms with E-state index < -0.39 is 17.8 Å². The number of halogens is 4. The van der Waals surface area contributed by atoms with Crippen LogP contribution < -0.4 is 5.32 Å². The Kier molecular flexibility index (Phi) is 5.40. The number of nitrogens with zero attached hydrogens (tertiary/aromatic N) is 1. The molecule has 0 radical (unpaired) electrons. The van der Waals surface area contributed by atoms with Crippen LogP contribution in [0.4, 0.5) is 19.0 Å². The summed E-state index contributed by atoms with van der Waals surface area (Å²) in [5, 5.41) is 12.0. The summed E-state index contributed by atoms with van der Waals surface area (Å²) in [6.07, 6.45) is -2.58. The summed E-state index contributed by atoms with van der Waals surface area (Å²) in [7, 11) is 0. The van der Waals surface area contributed by atoms with Gasteiger partial charge in [0.15, 0.2) is 0 Å². The Labute approximate surface area is 112 Å². The summed E-state index contributed by atoms with van der Waals surface area (Å²) in [6.45, 7) is 1.94. The minimum atomic E-state index is -4.48. The minimum absolute atomic E-state index is 0.0472. The fourth-order valence-electron chi connectivity index (χ4n) is 1.45. The number of hydrogen-bond donors (Lipinski definition) is 2. The molecular weight excluding hydrogens is 313 g/mol. The Morgan fingerprint density at radius 3 is 2.72 bits per heavy atom. The molecule has 1 heterocycles. The molecule has 0 bridgehead atoms. The van der Waals surface area contributed by atoms with Crippen LogP contribution in [0.1, 0.15) is 25.3 Å². The van der Waals surface area contributed by atoms with E-state index in [-0.39, 0.29) is 16.8 Å². The molecule has 2 N–H and O–H groups in total. The van der Waals surface area contributed by atoms with Gasteiger partial charge in [-0.15, -0.1) is 0 Å². The molecule has 0 aromatic carbocycles. The van der Waals surface area contributed by atoms with E-state index in [4.69, 9.17) is 0 Å². The van der Waals surface area contributed by atoms with Gasteiger partial charge in [-0.25, -0.2) is 4.98 Å². The van der Waals surface area contributed by atoms with Crippen molar-refractivity contribution in [1.82, 2.24) is 4.98 Å². The summed E-state index contributed by atoms with van der Waals surface area (Å²) >= 11 is 2.95. The maximum atomic E-state index is 12.7. The maximum Gasteiger partial charge on any atom is 0.419 e. The third kappa shape index (κ3) is 4.45. The fourth-order valence-corrected chi connectivity index (χ4v) is 1.78. The predicted octanol–water partition coefficient (Wildman–Crippen LogP) is 3.44. The average molecular weight is 327 g/mol. The molecule has 0 aliphatic carbocycles. The summed E-state index contributed by atoms with van der Waals surface area (Å²) in [5.41, 5.74) is -0.847. The van der Waals surface area contributed by atoms with Crippen molar-refractivity contribution in [2.45, 2.75) is 32.0 Å². The van der Waals surface area contributed by atoms with E-state index >= 15 is 0 Å². The van der Waals surface area contributed by atoms with Crippen LogP contribution in [0.5, 0.6) is 0 Å². The third-order valence-corrected chi connectivity index (χ3v) is 2.72. The zero-order valence-electron chi connectivity index (χ0n) is 9.76. The molecule has 1 atom stereocenters. The minimum Gasteiger partial charge on any atom is -0.391 e. The van der Waals surface area contributed by atoms with Crippen molar-refractivity contribution in [3.8, 4) is 0 Å². The van der Waals surface area contributed by atoms with Gasteiger partial charge in [-0.2, -0.15) is 13.2 Å². The highest BCUT2D eigenvalue weighted by Crippen LogP contribution is 2.35. The van der Waals surface area contributed by atoms with Crippen molar-refractivity contribution in [3.63, 3.8) is 0 Å². The summed E-state index contributed by atoms with van der Waals surface area (Å²) in [6, 6.07) is 0.960. The maximum absolute atomic E-state index is 12.7. The van der Waals surface area contributed by atoms with Gasteiger partial charge in [-0.1, -0.05) is 13.3 Å². The van der Waals surface area contributed by atoms with Gasteiger partial charge < -0.3 is 10.4 Å². The van der Waals surface area contributed by atoms with Gasteiger partial charge in [0.25, 0.3) is 0 Å². The largest absolute Gasteiger partial charge is 0.419 e. The molecule has 0 fully saturated rings. The lowest BCUT2D eigenvalue weighted by Crippen LogP contribution is -2.21. The Hall–Kier alpha value is -0.820. The van der Waals surface area contributed by atoms with Gasteiger partial charge >= 0.3 is 6.18 Å². The average Bonchev–Trinajstić information content (AvgIpc) is 2.26.